The van der Waals surface area contributed by atoms with Crippen LogP contribution in [0.25, 0.3) is 0 Å². The molecule has 30 nitrogen and oxygen atoms in total. The van der Waals surface area contributed by atoms with Gasteiger partial charge in [0.05, 0.1) is 98.6 Å². The zero-order valence-corrected chi connectivity index (χ0v) is 87.1. The molecule has 36 atom stereocenters. The molecule has 7 heterocycles. The minimum atomic E-state index is -0.610. The Morgan fingerprint density at radius 1 is 0.345 bits per heavy atom. The van der Waals surface area contributed by atoms with Gasteiger partial charge in [0.2, 0.25) is 0 Å². The van der Waals surface area contributed by atoms with Crippen LogP contribution in [0.1, 0.15) is 308 Å². The van der Waals surface area contributed by atoms with Gasteiger partial charge in [-0.3, -0.25) is 67.1 Å². The maximum atomic E-state index is 12.4. The van der Waals surface area contributed by atoms with E-state index < -0.39 is 55.4 Å². The summed E-state index contributed by atoms with van der Waals surface area (Å²) in [5, 5.41) is 0. The number of ether oxygens (including phenoxy) is 15. The summed E-state index contributed by atoms with van der Waals surface area (Å²) in [5.41, 5.74) is -4.23. The number of rotatable bonds is 25. The summed E-state index contributed by atoms with van der Waals surface area (Å²) in [4.78, 5) is 180. The third kappa shape index (κ3) is 19.3. The number of cyclic esters (lactones) is 2. The van der Waals surface area contributed by atoms with Gasteiger partial charge in [0.15, 0.2) is 6.61 Å². The molecule has 139 heavy (non-hydrogen) atoms. The van der Waals surface area contributed by atoms with Crippen LogP contribution < -0.4 is 0 Å². The average Bonchev–Trinajstić information content (AvgIpc) is 1.50. The van der Waals surface area contributed by atoms with Crippen molar-refractivity contribution in [1.82, 2.24) is 0 Å². The van der Waals surface area contributed by atoms with E-state index in [-0.39, 0.29) is 239 Å². The Morgan fingerprint density at radius 3 is 1.40 bits per heavy atom. The highest BCUT2D eigenvalue weighted by molar-refractivity contribution is 5.85. The molecular formula is C109H160O30. The zero-order valence-electron chi connectivity index (χ0n) is 87.1. The largest absolute Gasteiger partial charge is 0.465 e. The fraction of sp³-hybridized carbons (Fsp3) is 0.862. The van der Waals surface area contributed by atoms with E-state index in [1.165, 1.54) is 0 Å². The van der Waals surface area contributed by atoms with E-state index in [4.69, 9.17) is 71.1 Å². The van der Waals surface area contributed by atoms with Crippen molar-refractivity contribution in [3.05, 3.63) is 0 Å². The first-order valence-electron chi connectivity index (χ1n) is 53.0. The van der Waals surface area contributed by atoms with Crippen LogP contribution in [0.15, 0.2) is 0 Å². The number of esters is 15. The number of hydrogen-bond acceptors (Lipinski definition) is 30. The van der Waals surface area contributed by atoms with Gasteiger partial charge >= 0.3 is 89.5 Å². The lowest BCUT2D eigenvalue weighted by Crippen LogP contribution is -2.50. The third-order valence-electron chi connectivity index (χ3n) is 39.6. The third-order valence-corrected chi connectivity index (χ3v) is 39.6. The highest BCUT2D eigenvalue weighted by atomic mass is 16.6. The maximum Gasteiger partial charge on any atom is 0.344 e. The molecule has 0 aromatic rings. The molecule has 22 aliphatic rings. The smallest absolute Gasteiger partial charge is 0.344 e. The van der Waals surface area contributed by atoms with Gasteiger partial charge < -0.3 is 71.1 Å². The summed E-state index contributed by atoms with van der Waals surface area (Å²) >= 11 is 0. The van der Waals surface area contributed by atoms with Crippen LogP contribution in [0.4, 0.5) is 0 Å². The minimum Gasteiger partial charge on any atom is -0.465 e. The summed E-state index contributed by atoms with van der Waals surface area (Å²) in [5.74, 6) is 3.34. The molecule has 22 rings (SSSR count). The lowest BCUT2D eigenvalue weighted by Gasteiger charge is -2.47. The van der Waals surface area contributed by atoms with Crippen molar-refractivity contribution in [2.75, 3.05) is 26.4 Å². The van der Waals surface area contributed by atoms with Crippen molar-refractivity contribution < 1.29 is 143 Å². The molecule has 7 aliphatic heterocycles. The molecular weight excluding hydrogens is 1790 g/mol. The van der Waals surface area contributed by atoms with Gasteiger partial charge in [-0.05, 0) is 282 Å². The predicted molar refractivity (Wildman–Crippen MR) is 497 cm³/mol. The number of fused-ring (bicyclic) bond motifs is 12. The molecule has 0 N–H and O–H groups in total. The maximum absolute atomic E-state index is 12.4. The van der Waals surface area contributed by atoms with Crippen LogP contribution in [0.2, 0.25) is 0 Å². The van der Waals surface area contributed by atoms with Crippen molar-refractivity contribution in [3.8, 4) is 0 Å². The highest BCUT2D eigenvalue weighted by Crippen LogP contribution is 2.66. The number of carbonyl (C=O) groups excluding carboxylic acids is 15. The number of carbonyl (C=O) groups is 15. The van der Waals surface area contributed by atoms with E-state index in [0.717, 1.165) is 128 Å². The first-order valence-corrected chi connectivity index (χ1v) is 53.0. The molecule has 0 spiro atoms. The van der Waals surface area contributed by atoms with Crippen LogP contribution in [0, 0.1) is 191 Å². The van der Waals surface area contributed by atoms with Crippen LogP contribution in [-0.4, -0.2) is 183 Å². The average molecular weight is 1950 g/mol. The van der Waals surface area contributed by atoms with Crippen LogP contribution in [0.3, 0.4) is 0 Å². The van der Waals surface area contributed by atoms with E-state index in [9.17, 15) is 71.9 Å². The van der Waals surface area contributed by atoms with Crippen molar-refractivity contribution in [2.24, 2.45) is 191 Å². The normalized spacial score (nSPS) is 39.7. The van der Waals surface area contributed by atoms with E-state index >= 15 is 0 Å². The summed E-state index contributed by atoms with van der Waals surface area (Å²) in [6, 6.07) is 0. The van der Waals surface area contributed by atoms with Gasteiger partial charge in [0.1, 0.15) is 66.6 Å². The molecule has 15 saturated carbocycles. The van der Waals surface area contributed by atoms with Gasteiger partial charge in [0.25, 0.3) is 0 Å². The fourth-order valence-electron chi connectivity index (χ4n) is 27.8. The summed E-state index contributed by atoms with van der Waals surface area (Å²) in [6.45, 7) is 49.4. The Bertz CT molecular complexity index is 4730. The van der Waals surface area contributed by atoms with Gasteiger partial charge in [-0.25, -0.2) is 4.79 Å². The van der Waals surface area contributed by atoms with Crippen molar-refractivity contribution in [2.45, 2.75) is 375 Å². The zero-order chi connectivity index (χ0) is 102. The fourth-order valence-corrected chi connectivity index (χ4v) is 27.8. The van der Waals surface area contributed by atoms with Crippen molar-refractivity contribution >= 4 is 89.5 Å². The van der Waals surface area contributed by atoms with Gasteiger partial charge in [-0.1, -0.05) is 55.4 Å². The summed E-state index contributed by atoms with van der Waals surface area (Å²) < 4.78 is 82.3. The molecule has 22 fully saturated rings. The van der Waals surface area contributed by atoms with Gasteiger partial charge in [-0.15, -0.1) is 0 Å². The standard InChI is InChI=1S/C17H26O4.C16H22O6.C16H24O4.4C15H22O4/c1-6-16(2,3)15(19)21-17(4,5)13-9-7-10-11(8-9)20-14(18)12(10)13;1-4-16(2,3)15(19)20-7-11(17)21-12-8-5-9-10(6-8)14(18)22-13(9)12;1-4-16(2,3)15(18)20-12-7-9-5-6-10(12)11-8-19-14(17)13(9)11;1-5-14(2,3)12(16)18-10-8-6-9-11(10)19-13(17)15(9,4)7-8;1-5-15(3,4)14(17)19-11-8-6-9-10(7(8)2)13(16)18-12(9)11;1-4-15(2,3)14(17)18-7-10-8-5-9-11(6-8)19-13(16)12(9)10;1-4-15(2,3)14(17)19-11-6-8-5-9(11)12-10(8)7-18-13(12)16/h9-13H,6-8H2,1-5H3;8-10,12-13H,4-7H2,1-3H3;9-13H,4-8H2,1-3H3;8-11H,5-7H2,1-4H3;7-12H,5-6H2,1-4H3;2*8-12H,4-7H2,1-3H3. The van der Waals surface area contributed by atoms with E-state index in [2.05, 4.69) is 6.92 Å². The lowest BCUT2D eigenvalue weighted by atomic mass is 9.58. The molecule has 0 aromatic heterocycles. The SMILES string of the molecule is CCC(C)(C)C(=O)OC(C)(C)C1C2CC3OC(=O)C1C3C2.CCC(C)(C)C(=O)OC1C2CC3C1OC(=O)C3(C)C2.CCC(C)(C)C(=O)OC1C2CC3C1OC(=O)C3C2C.CCC(C)(C)C(=O)OC1CC2CC1C1C(=O)OCC21.CCC(C)(C)C(=O)OC1CC2CCC1C1COC(=O)C21.CCC(C)(C)C(=O)OCC(=O)OC1C2CC3C(=O)OC1C3C2.CCC(C)(C)C(=O)OCC1C2CC3OC(=O)C1C3C2. The number of hydrogen-bond donors (Lipinski definition) is 0. The topological polar surface area (TPSA) is 394 Å². The van der Waals surface area contributed by atoms with Crippen LogP contribution >= 0.6 is 0 Å². The molecule has 30 heteroatoms. The van der Waals surface area contributed by atoms with Crippen molar-refractivity contribution in [1.29, 1.82) is 0 Å². The second-order valence-corrected chi connectivity index (χ2v) is 50.5. The molecule has 7 saturated heterocycles. The predicted octanol–water partition coefficient (Wildman–Crippen LogP) is 15.7. The molecule has 14 bridgehead atoms. The van der Waals surface area contributed by atoms with Crippen LogP contribution in [0.5, 0.6) is 0 Å². The van der Waals surface area contributed by atoms with E-state index in [1.54, 1.807) is 13.8 Å². The Morgan fingerprint density at radius 2 is 0.806 bits per heavy atom. The minimum absolute atomic E-state index is 0.00636. The Hall–Kier alpha value is -7.95. The summed E-state index contributed by atoms with van der Waals surface area (Å²) in [7, 11) is 0. The molecule has 776 valence electrons. The Balaban J connectivity index is 0.000000123. The Kier molecular flexibility index (Phi) is 29.5. The molecule has 0 radical (unpaired) electrons. The molecule has 0 amide bonds. The first kappa shape index (κ1) is 105. The second kappa shape index (κ2) is 38.9. The molecule has 0 aromatic carbocycles. The van der Waals surface area contributed by atoms with E-state index in [0.29, 0.717) is 85.4 Å². The Labute approximate surface area is 820 Å². The summed E-state index contributed by atoms with van der Waals surface area (Å²) in [6.07, 6.45) is 17.1. The molecule has 15 aliphatic carbocycles. The second-order valence-electron chi connectivity index (χ2n) is 50.5. The molecule has 36 unspecified atom stereocenters. The van der Waals surface area contributed by atoms with Crippen LogP contribution in [-0.2, 0) is 143 Å². The van der Waals surface area contributed by atoms with Crippen molar-refractivity contribution in [3.63, 3.8) is 0 Å². The van der Waals surface area contributed by atoms with Gasteiger partial charge in [-0.2, -0.15) is 0 Å². The quantitative estimate of drug-likeness (QED) is 0.0605. The lowest BCUT2D eigenvalue weighted by molar-refractivity contribution is -0.178. The highest BCUT2D eigenvalue weighted by Gasteiger charge is 2.73. The van der Waals surface area contributed by atoms with Gasteiger partial charge in [0, 0.05) is 82.9 Å². The first-order chi connectivity index (χ1) is 65.0. The van der Waals surface area contributed by atoms with E-state index in [1.807, 2.05) is 152 Å². The monoisotopic (exact) mass is 1950 g/mol.